The SMILES string of the molecule is CCOC(=O)N1CCCN(C(=O)C2CCC2)CC1. The van der Waals surface area contributed by atoms with Crippen LogP contribution in [0, 0.1) is 5.92 Å². The molecular formula is C13H22N2O3. The molecule has 18 heavy (non-hydrogen) atoms. The smallest absolute Gasteiger partial charge is 0.409 e. The van der Waals surface area contributed by atoms with Gasteiger partial charge in [0.2, 0.25) is 5.91 Å². The van der Waals surface area contributed by atoms with Gasteiger partial charge in [0.15, 0.2) is 0 Å². The molecular weight excluding hydrogens is 232 g/mol. The van der Waals surface area contributed by atoms with Gasteiger partial charge < -0.3 is 14.5 Å². The fraction of sp³-hybridized carbons (Fsp3) is 0.846. The summed E-state index contributed by atoms with van der Waals surface area (Å²) in [7, 11) is 0. The Morgan fingerprint density at radius 2 is 1.72 bits per heavy atom. The van der Waals surface area contributed by atoms with Crippen LogP contribution in [0.2, 0.25) is 0 Å². The van der Waals surface area contributed by atoms with E-state index in [1.807, 2.05) is 11.8 Å². The van der Waals surface area contributed by atoms with E-state index in [1.54, 1.807) is 4.90 Å². The molecule has 0 aromatic heterocycles. The number of nitrogens with zero attached hydrogens (tertiary/aromatic N) is 2. The summed E-state index contributed by atoms with van der Waals surface area (Å²) in [5.41, 5.74) is 0. The Labute approximate surface area is 108 Å². The molecule has 102 valence electrons. The van der Waals surface area contributed by atoms with Crippen LogP contribution in [-0.4, -0.2) is 54.6 Å². The average Bonchev–Trinajstić information content (AvgIpc) is 2.52. The Morgan fingerprint density at radius 1 is 1.06 bits per heavy atom. The zero-order chi connectivity index (χ0) is 13.0. The molecule has 1 aliphatic carbocycles. The minimum Gasteiger partial charge on any atom is -0.450 e. The van der Waals surface area contributed by atoms with E-state index in [0.717, 1.165) is 25.8 Å². The molecule has 1 saturated carbocycles. The second-order valence-electron chi connectivity index (χ2n) is 4.99. The molecule has 1 saturated heterocycles. The molecule has 2 amide bonds. The van der Waals surface area contributed by atoms with Gasteiger partial charge in [0.05, 0.1) is 6.61 Å². The molecule has 0 atom stereocenters. The Morgan fingerprint density at radius 3 is 2.33 bits per heavy atom. The maximum Gasteiger partial charge on any atom is 0.409 e. The second kappa shape index (κ2) is 6.07. The van der Waals surface area contributed by atoms with Gasteiger partial charge in [-0.05, 0) is 26.2 Å². The van der Waals surface area contributed by atoms with Crippen LogP contribution >= 0.6 is 0 Å². The lowest BCUT2D eigenvalue weighted by Crippen LogP contribution is -2.41. The van der Waals surface area contributed by atoms with Gasteiger partial charge in [0.25, 0.3) is 0 Å². The number of ether oxygens (including phenoxy) is 1. The summed E-state index contributed by atoms with van der Waals surface area (Å²) in [5, 5.41) is 0. The highest BCUT2D eigenvalue weighted by Gasteiger charge is 2.30. The Kier molecular flexibility index (Phi) is 4.44. The monoisotopic (exact) mass is 254 g/mol. The van der Waals surface area contributed by atoms with Crippen LogP contribution in [0.1, 0.15) is 32.6 Å². The third-order valence-corrected chi connectivity index (χ3v) is 3.79. The lowest BCUT2D eigenvalue weighted by molar-refractivity contribution is -0.138. The normalized spacial score (nSPS) is 21.2. The number of hydrogen-bond acceptors (Lipinski definition) is 3. The second-order valence-corrected chi connectivity index (χ2v) is 4.99. The fourth-order valence-electron chi connectivity index (χ4n) is 2.45. The van der Waals surface area contributed by atoms with Crippen molar-refractivity contribution < 1.29 is 14.3 Å². The lowest BCUT2D eigenvalue weighted by atomic mass is 9.84. The number of carbonyl (C=O) groups is 2. The average molecular weight is 254 g/mol. The van der Waals surface area contributed by atoms with Crippen molar-refractivity contribution in [3.05, 3.63) is 0 Å². The summed E-state index contributed by atoms with van der Waals surface area (Å²) in [5.74, 6) is 0.533. The first-order chi connectivity index (χ1) is 8.72. The molecule has 1 heterocycles. The zero-order valence-corrected chi connectivity index (χ0v) is 11.1. The van der Waals surface area contributed by atoms with Gasteiger partial charge >= 0.3 is 6.09 Å². The molecule has 0 radical (unpaired) electrons. The van der Waals surface area contributed by atoms with Crippen molar-refractivity contribution in [2.45, 2.75) is 32.6 Å². The van der Waals surface area contributed by atoms with Gasteiger partial charge in [0.1, 0.15) is 0 Å². The summed E-state index contributed by atoms with van der Waals surface area (Å²) in [6.45, 7) is 4.91. The Balaban J connectivity index is 1.83. The van der Waals surface area contributed by atoms with Gasteiger partial charge in [-0.1, -0.05) is 6.42 Å². The molecule has 2 aliphatic rings. The topological polar surface area (TPSA) is 49.9 Å². The van der Waals surface area contributed by atoms with Crippen molar-refractivity contribution in [2.75, 3.05) is 32.8 Å². The molecule has 0 spiro atoms. The quantitative estimate of drug-likeness (QED) is 0.750. The highest BCUT2D eigenvalue weighted by atomic mass is 16.6. The molecule has 0 aromatic rings. The van der Waals surface area contributed by atoms with Crippen LogP contribution in [0.4, 0.5) is 4.79 Å². The van der Waals surface area contributed by atoms with Gasteiger partial charge in [-0.15, -0.1) is 0 Å². The number of amides is 2. The first-order valence-electron chi connectivity index (χ1n) is 6.93. The van der Waals surface area contributed by atoms with Crippen LogP contribution in [0.3, 0.4) is 0 Å². The largest absolute Gasteiger partial charge is 0.450 e. The molecule has 1 aliphatic heterocycles. The predicted molar refractivity (Wildman–Crippen MR) is 67.1 cm³/mol. The van der Waals surface area contributed by atoms with Crippen molar-refractivity contribution >= 4 is 12.0 Å². The van der Waals surface area contributed by atoms with Crippen LogP contribution in [0.5, 0.6) is 0 Å². The molecule has 0 N–H and O–H groups in total. The molecule has 2 fully saturated rings. The van der Waals surface area contributed by atoms with Crippen molar-refractivity contribution in [3.63, 3.8) is 0 Å². The lowest BCUT2D eigenvalue weighted by Gasteiger charge is -2.30. The summed E-state index contributed by atoms with van der Waals surface area (Å²) in [6.07, 6.45) is 3.85. The third-order valence-electron chi connectivity index (χ3n) is 3.79. The van der Waals surface area contributed by atoms with E-state index in [4.69, 9.17) is 4.74 Å². The summed E-state index contributed by atoms with van der Waals surface area (Å²) in [4.78, 5) is 27.4. The maximum atomic E-state index is 12.1. The first-order valence-corrected chi connectivity index (χ1v) is 6.93. The molecule has 2 rings (SSSR count). The number of carbonyl (C=O) groups excluding carboxylic acids is 2. The maximum absolute atomic E-state index is 12.1. The van der Waals surface area contributed by atoms with Gasteiger partial charge in [-0.3, -0.25) is 4.79 Å². The minimum absolute atomic E-state index is 0.249. The molecule has 5 heteroatoms. The highest BCUT2D eigenvalue weighted by molar-refractivity contribution is 5.79. The van der Waals surface area contributed by atoms with E-state index in [-0.39, 0.29) is 17.9 Å². The fourth-order valence-corrected chi connectivity index (χ4v) is 2.45. The summed E-state index contributed by atoms with van der Waals surface area (Å²) < 4.78 is 5.00. The van der Waals surface area contributed by atoms with Crippen LogP contribution in [0.15, 0.2) is 0 Å². The van der Waals surface area contributed by atoms with Gasteiger partial charge in [0, 0.05) is 32.1 Å². The Hall–Kier alpha value is -1.26. The van der Waals surface area contributed by atoms with E-state index in [2.05, 4.69) is 0 Å². The van der Waals surface area contributed by atoms with E-state index >= 15 is 0 Å². The molecule has 0 bridgehead atoms. The van der Waals surface area contributed by atoms with Crippen molar-refractivity contribution in [3.8, 4) is 0 Å². The van der Waals surface area contributed by atoms with E-state index in [9.17, 15) is 9.59 Å². The third kappa shape index (κ3) is 2.94. The van der Waals surface area contributed by atoms with E-state index in [1.165, 1.54) is 6.42 Å². The van der Waals surface area contributed by atoms with E-state index in [0.29, 0.717) is 26.2 Å². The minimum atomic E-state index is -0.254. The summed E-state index contributed by atoms with van der Waals surface area (Å²) in [6, 6.07) is 0. The first kappa shape index (κ1) is 13.2. The zero-order valence-electron chi connectivity index (χ0n) is 11.1. The number of hydrogen-bond donors (Lipinski definition) is 0. The summed E-state index contributed by atoms with van der Waals surface area (Å²) >= 11 is 0. The van der Waals surface area contributed by atoms with Crippen molar-refractivity contribution in [2.24, 2.45) is 5.92 Å². The molecule has 0 unspecified atom stereocenters. The van der Waals surface area contributed by atoms with Gasteiger partial charge in [-0.2, -0.15) is 0 Å². The van der Waals surface area contributed by atoms with Crippen LogP contribution in [-0.2, 0) is 9.53 Å². The highest BCUT2D eigenvalue weighted by Crippen LogP contribution is 2.28. The Bertz CT molecular complexity index is 315. The predicted octanol–water partition coefficient (Wildman–Crippen LogP) is 1.48. The molecule has 5 nitrogen and oxygen atoms in total. The van der Waals surface area contributed by atoms with Crippen LogP contribution in [0.25, 0.3) is 0 Å². The van der Waals surface area contributed by atoms with E-state index < -0.39 is 0 Å². The van der Waals surface area contributed by atoms with Crippen molar-refractivity contribution in [1.82, 2.24) is 9.80 Å². The van der Waals surface area contributed by atoms with Gasteiger partial charge in [-0.25, -0.2) is 4.79 Å². The molecule has 0 aromatic carbocycles. The number of rotatable bonds is 2. The van der Waals surface area contributed by atoms with Crippen molar-refractivity contribution in [1.29, 1.82) is 0 Å². The standard InChI is InChI=1S/C13H22N2O3/c1-2-18-13(17)15-8-4-7-14(9-10-15)12(16)11-5-3-6-11/h11H,2-10H2,1H3. The van der Waals surface area contributed by atoms with Crippen LogP contribution < -0.4 is 0 Å².